The molecule has 0 radical (unpaired) electrons. The number of hydrogen-bond acceptors (Lipinski definition) is 1. The van der Waals surface area contributed by atoms with Crippen LogP contribution in [0, 0.1) is 5.92 Å². The van der Waals surface area contributed by atoms with E-state index < -0.39 is 0 Å². The van der Waals surface area contributed by atoms with Gasteiger partial charge in [-0.15, -0.1) is 0 Å². The minimum absolute atomic E-state index is 0.338. The third-order valence-electron chi connectivity index (χ3n) is 3.75. The summed E-state index contributed by atoms with van der Waals surface area (Å²) in [7, 11) is 0. The Hall–Kier alpha value is -1.24. The summed E-state index contributed by atoms with van der Waals surface area (Å²) in [6.07, 6.45) is 8.98. The highest BCUT2D eigenvalue weighted by molar-refractivity contribution is 5.48. The maximum Gasteiger partial charge on any atom is 0.119 e. The van der Waals surface area contributed by atoms with Crippen LogP contribution in [0.1, 0.15) is 44.6 Å². The lowest BCUT2D eigenvalue weighted by atomic mass is 9.86. The highest BCUT2D eigenvalue weighted by atomic mass is 16.5. The third-order valence-corrected chi connectivity index (χ3v) is 3.75. The second-order valence-electron chi connectivity index (χ2n) is 4.99. The first-order valence-corrected chi connectivity index (χ1v) is 6.69. The van der Waals surface area contributed by atoms with Crippen molar-refractivity contribution < 1.29 is 4.74 Å². The Bertz CT molecular complexity index is 346. The van der Waals surface area contributed by atoms with Gasteiger partial charge in [-0.2, -0.15) is 0 Å². The molecule has 0 N–H and O–H groups in total. The van der Waals surface area contributed by atoms with E-state index in [1.165, 1.54) is 32.1 Å². The molecule has 0 aliphatic heterocycles. The largest absolute Gasteiger partial charge is 0.490 e. The molecule has 1 fully saturated rings. The zero-order valence-corrected chi connectivity index (χ0v) is 10.7. The van der Waals surface area contributed by atoms with Crippen LogP contribution in [-0.2, 0) is 0 Å². The molecular formula is C16H22O. The van der Waals surface area contributed by atoms with Crippen molar-refractivity contribution in [1.29, 1.82) is 0 Å². The van der Waals surface area contributed by atoms with Crippen molar-refractivity contribution in [3.63, 3.8) is 0 Å². The van der Waals surface area contributed by atoms with Crippen molar-refractivity contribution >= 4 is 6.08 Å². The minimum Gasteiger partial charge on any atom is -0.490 e. The predicted molar refractivity (Wildman–Crippen MR) is 73.2 cm³/mol. The van der Waals surface area contributed by atoms with E-state index in [2.05, 4.69) is 25.6 Å². The van der Waals surface area contributed by atoms with Gasteiger partial charge >= 0.3 is 0 Å². The van der Waals surface area contributed by atoms with Crippen molar-refractivity contribution in [3.8, 4) is 5.75 Å². The number of hydrogen-bond donors (Lipinski definition) is 0. The summed E-state index contributed by atoms with van der Waals surface area (Å²) in [6, 6.07) is 8.18. The fraction of sp³-hybridized carbons (Fsp3) is 0.500. The molecule has 1 aliphatic carbocycles. The average molecular weight is 230 g/mol. The van der Waals surface area contributed by atoms with Gasteiger partial charge in [0.25, 0.3) is 0 Å². The first-order valence-electron chi connectivity index (χ1n) is 6.69. The lowest BCUT2D eigenvalue weighted by Crippen LogP contribution is -2.25. The van der Waals surface area contributed by atoms with Gasteiger partial charge < -0.3 is 4.74 Å². The molecule has 92 valence electrons. The first-order chi connectivity index (χ1) is 8.29. The van der Waals surface area contributed by atoms with Gasteiger partial charge in [-0.25, -0.2) is 0 Å². The van der Waals surface area contributed by atoms with Crippen LogP contribution in [-0.4, -0.2) is 6.10 Å². The third kappa shape index (κ3) is 3.36. The average Bonchev–Trinajstić information content (AvgIpc) is 2.40. The van der Waals surface area contributed by atoms with Crippen LogP contribution in [0.3, 0.4) is 0 Å². The van der Waals surface area contributed by atoms with E-state index in [0.29, 0.717) is 6.10 Å². The van der Waals surface area contributed by atoms with Crippen LogP contribution in [0.2, 0.25) is 0 Å². The maximum atomic E-state index is 6.02. The Kier molecular flexibility index (Phi) is 4.24. The standard InChI is InChI=1S/C16H22O/c1-3-14-9-11-16(12-10-14)17-13(2)15-7-5-4-6-8-15/h3,9-13,15H,1,4-8H2,2H3. The van der Waals surface area contributed by atoms with Gasteiger partial charge in [0.15, 0.2) is 0 Å². The molecule has 17 heavy (non-hydrogen) atoms. The predicted octanol–water partition coefficient (Wildman–Crippen LogP) is 4.68. The van der Waals surface area contributed by atoms with E-state index in [0.717, 1.165) is 17.2 Å². The Morgan fingerprint density at radius 3 is 2.41 bits per heavy atom. The summed E-state index contributed by atoms with van der Waals surface area (Å²) in [6.45, 7) is 5.96. The van der Waals surface area contributed by atoms with Gasteiger partial charge in [-0.05, 0) is 43.4 Å². The van der Waals surface area contributed by atoms with Crippen LogP contribution < -0.4 is 4.74 Å². The highest BCUT2D eigenvalue weighted by Gasteiger charge is 2.21. The maximum absolute atomic E-state index is 6.02. The number of ether oxygens (including phenoxy) is 1. The molecule has 1 unspecified atom stereocenters. The molecule has 0 aromatic heterocycles. The van der Waals surface area contributed by atoms with Gasteiger partial charge in [0.1, 0.15) is 5.75 Å². The highest BCUT2D eigenvalue weighted by Crippen LogP contribution is 2.28. The van der Waals surface area contributed by atoms with Crippen molar-refractivity contribution in [2.24, 2.45) is 5.92 Å². The molecule has 1 atom stereocenters. The first kappa shape index (κ1) is 12.2. The number of benzene rings is 1. The van der Waals surface area contributed by atoms with Crippen molar-refractivity contribution in [3.05, 3.63) is 36.4 Å². The molecule has 1 heteroatoms. The molecule has 1 aromatic rings. The fourth-order valence-corrected chi connectivity index (χ4v) is 2.60. The van der Waals surface area contributed by atoms with Crippen molar-refractivity contribution in [1.82, 2.24) is 0 Å². The van der Waals surface area contributed by atoms with E-state index in [4.69, 9.17) is 4.74 Å². The second kappa shape index (κ2) is 5.90. The van der Waals surface area contributed by atoms with Crippen LogP contribution in [0.5, 0.6) is 5.75 Å². The summed E-state index contributed by atoms with van der Waals surface area (Å²) in [5.41, 5.74) is 1.14. The lowest BCUT2D eigenvalue weighted by molar-refractivity contribution is 0.123. The van der Waals surface area contributed by atoms with E-state index in [-0.39, 0.29) is 0 Å². The van der Waals surface area contributed by atoms with E-state index in [9.17, 15) is 0 Å². The van der Waals surface area contributed by atoms with E-state index in [1.54, 1.807) is 0 Å². The zero-order chi connectivity index (χ0) is 12.1. The SMILES string of the molecule is C=Cc1ccc(OC(C)C2CCCCC2)cc1. The summed E-state index contributed by atoms with van der Waals surface area (Å²) in [5, 5.41) is 0. The Labute approximate surface area is 104 Å². The molecular weight excluding hydrogens is 208 g/mol. The van der Waals surface area contributed by atoms with Gasteiger partial charge in [0, 0.05) is 0 Å². The Balaban J connectivity index is 1.92. The molecule has 1 nitrogen and oxygen atoms in total. The van der Waals surface area contributed by atoms with Crippen molar-refractivity contribution in [2.45, 2.75) is 45.1 Å². The van der Waals surface area contributed by atoms with Crippen LogP contribution in [0.4, 0.5) is 0 Å². The molecule has 1 aliphatic rings. The lowest BCUT2D eigenvalue weighted by Gasteiger charge is -2.28. The van der Waals surface area contributed by atoms with Gasteiger partial charge in [0.2, 0.25) is 0 Å². The van der Waals surface area contributed by atoms with E-state index in [1.807, 2.05) is 18.2 Å². The van der Waals surface area contributed by atoms with E-state index >= 15 is 0 Å². The van der Waals surface area contributed by atoms with Crippen LogP contribution >= 0.6 is 0 Å². The topological polar surface area (TPSA) is 9.23 Å². The van der Waals surface area contributed by atoms with Gasteiger partial charge in [0.05, 0.1) is 6.10 Å². The molecule has 1 saturated carbocycles. The summed E-state index contributed by atoms with van der Waals surface area (Å²) >= 11 is 0. The zero-order valence-electron chi connectivity index (χ0n) is 10.7. The summed E-state index contributed by atoms with van der Waals surface area (Å²) in [5.74, 6) is 1.72. The molecule has 0 amide bonds. The minimum atomic E-state index is 0.338. The Morgan fingerprint density at radius 1 is 1.18 bits per heavy atom. The summed E-state index contributed by atoms with van der Waals surface area (Å²) < 4.78 is 6.02. The normalized spacial score (nSPS) is 18.6. The number of rotatable bonds is 4. The van der Waals surface area contributed by atoms with Crippen molar-refractivity contribution in [2.75, 3.05) is 0 Å². The molecule has 0 spiro atoms. The summed E-state index contributed by atoms with van der Waals surface area (Å²) in [4.78, 5) is 0. The second-order valence-corrected chi connectivity index (χ2v) is 4.99. The molecule has 0 saturated heterocycles. The molecule has 0 bridgehead atoms. The van der Waals surface area contributed by atoms with Crippen LogP contribution in [0.25, 0.3) is 6.08 Å². The monoisotopic (exact) mass is 230 g/mol. The molecule has 1 aromatic carbocycles. The van der Waals surface area contributed by atoms with Crippen LogP contribution in [0.15, 0.2) is 30.8 Å². The fourth-order valence-electron chi connectivity index (χ4n) is 2.60. The van der Waals surface area contributed by atoms with Gasteiger partial charge in [-0.1, -0.05) is 44.1 Å². The smallest absolute Gasteiger partial charge is 0.119 e. The quantitative estimate of drug-likeness (QED) is 0.730. The van der Waals surface area contributed by atoms with Gasteiger partial charge in [-0.3, -0.25) is 0 Å². The molecule has 0 heterocycles. The Morgan fingerprint density at radius 2 is 1.82 bits per heavy atom. The molecule has 2 rings (SSSR count).